The number of halogens is 1. The van der Waals surface area contributed by atoms with Crippen molar-refractivity contribution in [2.75, 3.05) is 31.1 Å². The van der Waals surface area contributed by atoms with Crippen molar-refractivity contribution in [3.63, 3.8) is 0 Å². The Morgan fingerprint density at radius 1 is 1.07 bits per heavy atom. The first-order valence-corrected chi connectivity index (χ1v) is 10.0. The van der Waals surface area contributed by atoms with E-state index in [1.807, 2.05) is 42.2 Å². The van der Waals surface area contributed by atoms with Crippen molar-refractivity contribution in [2.24, 2.45) is 0 Å². The molecule has 0 bridgehead atoms. The van der Waals surface area contributed by atoms with Gasteiger partial charge in [0.15, 0.2) is 6.10 Å². The molecule has 3 rings (SSSR count). The number of piperazine rings is 1. The fourth-order valence-corrected chi connectivity index (χ4v) is 3.52. The van der Waals surface area contributed by atoms with E-state index in [0.29, 0.717) is 19.5 Å². The van der Waals surface area contributed by atoms with E-state index >= 15 is 0 Å². The number of ether oxygens (including phenoxy) is 1. The Morgan fingerprint density at radius 2 is 1.78 bits per heavy atom. The van der Waals surface area contributed by atoms with Crippen LogP contribution in [0.15, 0.2) is 48.5 Å². The number of carbonyl (C=O) groups excluding carboxylic acids is 1. The Morgan fingerprint density at radius 3 is 2.37 bits per heavy atom. The van der Waals surface area contributed by atoms with Crippen LogP contribution in [0.3, 0.4) is 0 Å². The molecule has 5 heteroatoms. The molecule has 0 N–H and O–H groups in total. The fraction of sp³-hybridized carbons (Fsp3) is 0.409. The van der Waals surface area contributed by atoms with E-state index in [0.717, 1.165) is 36.0 Å². The first kappa shape index (κ1) is 19.6. The highest BCUT2D eigenvalue weighted by atomic mass is 35.5. The molecule has 0 radical (unpaired) electrons. The lowest BCUT2D eigenvalue weighted by Crippen LogP contribution is -2.52. The van der Waals surface area contributed by atoms with E-state index < -0.39 is 6.10 Å². The van der Waals surface area contributed by atoms with Crippen molar-refractivity contribution in [1.29, 1.82) is 0 Å². The van der Waals surface area contributed by atoms with E-state index in [9.17, 15) is 4.79 Å². The van der Waals surface area contributed by atoms with Crippen LogP contribution in [-0.2, 0) is 11.2 Å². The van der Waals surface area contributed by atoms with Gasteiger partial charge in [-0.3, -0.25) is 4.79 Å². The SMILES string of the molecule is CCc1ccc(OC(CC)C(=O)N2CCN(c3cccc(Cl)c3)CC2)cc1. The summed E-state index contributed by atoms with van der Waals surface area (Å²) in [5.74, 6) is 0.827. The molecule has 1 atom stereocenters. The second kappa shape index (κ2) is 9.14. The maximum atomic E-state index is 12.9. The van der Waals surface area contributed by atoms with Crippen LogP contribution in [0.5, 0.6) is 5.75 Å². The quantitative estimate of drug-likeness (QED) is 0.737. The molecule has 2 aromatic rings. The van der Waals surface area contributed by atoms with Gasteiger partial charge in [-0.15, -0.1) is 0 Å². The molecule has 1 aliphatic heterocycles. The molecule has 0 aromatic heterocycles. The fourth-order valence-electron chi connectivity index (χ4n) is 3.34. The number of amides is 1. The summed E-state index contributed by atoms with van der Waals surface area (Å²) in [6.07, 6.45) is 1.21. The van der Waals surface area contributed by atoms with Gasteiger partial charge in [0.2, 0.25) is 0 Å². The van der Waals surface area contributed by atoms with Gasteiger partial charge in [-0.25, -0.2) is 0 Å². The first-order chi connectivity index (χ1) is 13.1. The van der Waals surface area contributed by atoms with Crippen molar-refractivity contribution >= 4 is 23.2 Å². The minimum absolute atomic E-state index is 0.0720. The Hall–Kier alpha value is -2.20. The van der Waals surface area contributed by atoms with Crippen molar-refractivity contribution in [1.82, 2.24) is 4.90 Å². The summed E-state index contributed by atoms with van der Waals surface area (Å²) in [5.41, 5.74) is 2.37. The lowest BCUT2D eigenvalue weighted by molar-refractivity contribution is -0.139. The smallest absolute Gasteiger partial charge is 0.263 e. The highest BCUT2D eigenvalue weighted by Gasteiger charge is 2.28. The molecule has 144 valence electrons. The molecule has 1 fully saturated rings. The van der Waals surface area contributed by atoms with E-state index in [-0.39, 0.29) is 5.91 Å². The van der Waals surface area contributed by atoms with Crippen LogP contribution in [0.25, 0.3) is 0 Å². The average Bonchev–Trinajstić information content (AvgIpc) is 2.72. The number of nitrogens with zero attached hydrogens (tertiary/aromatic N) is 2. The summed E-state index contributed by atoms with van der Waals surface area (Å²) in [6, 6.07) is 15.9. The second-order valence-electron chi connectivity index (χ2n) is 6.80. The maximum absolute atomic E-state index is 12.9. The zero-order chi connectivity index (χ0) is 19.2. The first-order valence-electron chi connectivity index (χ1n) is 9.65. The summed E-state index contributed by atoms with van der Waals surface area (Å²) < 4.78 is 5.98. The van der Waals surface area contributed by atoms with Gasteiger partial charge in [0.05, 0.1) is 0 Å². The molecule has 0 saturated carbocycles. The predicted molar refractivity (Wildman–Crippen MR) is 111 cm³/mol. The third-order valence-corrected chi connectivity index (χ3v) is 5.26. The Balaban J connectivity index is 1.58. The number of hydrogen-bond acceptors (Lipinski definition) is 3. The van der Waals surface area contributed by atoms with Gasteiger partial charge in [-0.2, -0.15) is 0 Å². The van der Waals surface area contributed by atoms with Crippen molar-refractivity contribution in [3.05, 3.63) is 59.1 Å². The van der Waals surface area contributed by atoms with Gasteiger partial charge in [0, 0.05) is 36.9 Å². The topological polar surface area (TPSA) is 32.8 Å². The standard InChI is InChI=1S/C22H27ClN2O2/c1-3-17-8-10-20(11-9-17)27-21(4-2)22(26)25-14-12-24(13-15-25)19-7-5-6-18(23)16-19/h5-11,16,21H,3-4,12-15H2,1-2H3. The number of benzene rings is 2. The molecule has 4 nitrogen and oxygen atoms in total. The van der Waals surface area contributed by atoms with Gasteiger partial charge in [0.1, 0.15) is 5.75 Å². The van der Waals surface area contributed by atoms with Gasteiger partial charge in [-0.05, 0) is 48.7 Å². The molecule has 1 unspecified atom stereocenters. The number of rotatable bonds is 6. The Bertz CT molecular complexity index is 755. The number of aryl methyl sites for hydroxylation is 1. The lowest BCUT2D eigenvalue weighted by Gasteiger charge is -2.37. The monoisotopic (exact) mass is 386 g/mol. The van der Waals surface area contributed by atoms with Gasteiger partial charge >= 0.3 is 0 Å². The molecule has 0 aliphatic carbocycles. The zero-order valence-corrected chi connectivity index (χ0v) is 16.8. The zero-order valence-electron chi connectivity index (χ0n) is 16.0. The van der Waals surface area contributed by atoms with E-state index in [4.69, 9.17) is 16.3 Å². The van der Waals surface area contributed by atoms with E-state index in [1.165, 1.54) is 5.56 Å². The number of carbonyl (C=O) groups is 1. The summed E-state index contributed by atoms with van der Waals surface area (Å²) in [7, 11) is 0. The molecule has 1 saturated heterocycles. The molecule has 27 heavy (non-hydrogen) atoms. The maximum Gasteiger partial charge on any atom is 0.263 e. The second-order valence-corrected chi connectivity index (χ2v) is 7.24. The van der Waals surface area contributed by atoms with Crippen molar-refractivity contribution in [3.8, 4) is 5.75 Å². The van der Waals surface area contributed by atoms with Gasteiger partial charge in [-0.1, -0.05) is 43.6 Å². The normalized spacial score (nSPS) is 15.5. The molecule has 2 aromatic carbocycles. The van der Waals surface area contributed by atoms with Crippen LogP contribution in [0.1, 0.15) is 25.8 Å². The van der Waals surface area contributed by atoms with Crippen LogP contribution in [0, 0.1) is 0 Å². The van der Waals surface area contributed by atoms with Gasteiger partial charge < -0.3 is 14.5 Å². The molecule has 1 heterocycles. The minimum atomic E-state index is -0.435. The average molecular weight is 387 g/mol. The molecule has 1 aliphatic rings. The van der Waals surface area contributed by atoms with E-state index in [2.05, 4.69) is 30.0 Å². The Labute approximate surface area is 166 Å². The van der Waals surface area contributed by atoms with Crippen LogP contribution in [-0.4, -0.2) is 43.1 Å². The molecule has 1 amide bonds. The largest absolute Gasteiger partial charge is 0.481 e. The van der Waals surface area contributed by atoms with Gasteiger partial charge in [0.25, 0.3) is 5.91 Å². The van der Waals surface area contributed by atoms with Crippen LogP contribution in [0.4, 0.5) is 5.69 Å². The predicted octanol–water partition coefficient (Wildman–Crippen LogP) is 4.41. The van der Waals surface area contributed by atoms with Crippen LogP contribution < -0.4 is 9.64 Å². The highest BCUT2D eigenvalue weighted by Crippen LogP contribution is 2.22. The summed E-state index contributed by atoms with van der Waals surface area (Å²) >= 11 is 6.09. The van der Waals surface area contributed by atoms with E-state index in [1.54, 1.807) is 0 Å². The lowest BCUT2D eigenvalue weighted by atomic mass is 10.1. The summed E-state index contributed by atoms with van der Waals surface area (Å²) in [6.45, 7) is 7.10. The number of hydrogen-bond donors (Lipinski definition) is 0. The van der Waals surface area contributed by atoms with Crippen molar-refractivity contribution in [2.45, 2.75) is 32.8 Å². The molecular weight excluding hydrogens is 360 g/mol. The molecular formula is C22H27ClN2O2. The summed E-state index contributed by atoms with van der Waals surface area (Å²) in [4.78, 5) is 17.1. The third kappa shape index (κ3) is 4.95. The molecule has 0 spiro atoms. The number of anilines is 1. The third-order valence-electron chi connectivity index (χ3n) is 5.02. The highest BCUT2D eigenvalue weighted by molar-refractivity contribution is 6.30. The minimum Gasteiger partial charge on any atom is -0.481 e. The summed E-state index contributed by atoms with van der Waals surface area (Å²) in [5, 5.41) is 0.736. The van der Waals surface area contributed by atoms with Crippen LogP contribution in [0.2, 0.25) is 5.02 Å². The van der Waals surface area contributed by atoms with Crippen molar-refractivity contribution < 1.29 is 9.53 Å². The Kier molecular flexibility index (Phi) is 6.62. The van der Waals surface area contributed by atoms with Crippen LogP contribution >= 0.6 is 11.6 Å².